The highest BCUT2D eigenvalue weighted by atomic mass is 16.4. The topological polar surface area (TPSA) is 79.2 Å². The summed E-state index contributed by atoms with van der Waals surface area (Å²) in [6, 6.07) is 14.1. The predicted molar refractivity (Wildman–Crippen MR) is 85.5 cm³/mol. The highest BCUT2D eigenvalue weighted by Crippen LogP contribution is 2.21. The first kappa shape index (κ1) is 14.6. The Balaban J connectivity index is 1.92. The van der Waals surface area contributed by atoms with Crippen molar-refractivity contribution < 1.29 is 9.90 Å². The molecule has 1 aromatic carbocycles. The summed E-state index contributed by atoms with van der Waals surface area (Å²) >= 11 is 0. The molecule has 0 fully saturated rings. The average Bonchev–Trinajstić information content (AvgIpc) is 2.61. The molecule has 0 unspecified atom stereocenters. The van der Waals surface area contributed by atoms with Crippen LogP contribution in [-0.4, -0.2) is 26.0 Å². The van der Waals surface area contributed by atoms with Gasteiger partial charge in [0.15, 0.2) is 0 Å². The maximum Gasteiger partial charge on any atom is 0.335 e. The third kappa shape index (κ3) is 3.49. The van der Waals surface area contributed by atoms with Crippen LogP contribution in [0.2, 0.25) is 0 Å². The molecule has 0 spiro atoms. The second-order valence-electron chi connectivity index (χ2n) is 4.82. The van der Waals surface area contributed by atoms with Crippen molar-refractivity contribution in [3.63, 3.8) is 0 Å². The molecule has 2 heterocycles. The molecule has 6 heteroatoms. The SMILES string of the molecule is O=C(O)c1ccc(CN(c2ccccn2)c2ncccn2)cc1. The van der Waals surface area contributed by atoms with Gasteiger partial charge in [0.05, 0.1) is 12.1 Å². The lowest BCUT2D eigenvalue weighted by Crippen LogP contribution is -2.20. The van der Waals surface area contributed by atoms with E-state index in [0.29, 0.717) is 12.5 Å². The largest absolute Gasteiger partial charge is 0.478 e. The Labute approximate surface area is 133 Å². The molecule has 2 aromatic heterocycles. The van der Waals surface area contributed by atoms with Crippen molar-refractivity contribution in [2.24, 2.45) is 0 Å². The number of carboxylic acid groups (broad SMARTS) is 1. The van der Waals surface area contributed by atoms with Crippen LogP contribution in [0.5, 0.6) is 0 Å². The second-order valence-corrected chi connectivity index (χ2v) is 4.82. The van der Waals surface area contributed by atoms with Gasteiger partial charge in [-0.25, -0.2) is 19.7 Å². The van der Waals surface area contributed by atoms with Crippen molar-refractivity contribution in [3.05, 3.63) is 78.2 Å². The van der Waals surface area contributed by atoms with E-state index in [-0.39, 0.29) is 5.56 Å². The minimum Gasteiger partial charge on any atom is -0.478 e. The van der Waals surface area contributed by atoms with E-state index in [1.807, 2.05) is 23.1 Å². The van der Waals surface area contributed by atoms with E-state index in [0.717, 1.165) is 11.4 Å². The van der Waals surface area contributed by atoms with Crippen LogP contribution in [0.15, 0.2) is 67.1 Å². The maximum absolute atomic E-state index is 10.9. The Morgan fingerprint density at radius 2 is 1.61 bits per heavy atom. The third-order valence-electron chi connectivity index (χ3n) is 3.26. The lowest BCUT2D eigenvalue weighted by molar-refractivity contribution is 0.0697. The van der Waals surface area contributed by atoms with Gasteiger partial charge in [-0.2, -0.15) is 0 Å². The van der Waals surface area contributed by atoms with E-state index in [1.54, 1.807) is 48.9 Å². The fourth-order valence-electron chi connectivity index (χ4n) is 2.13. The molecule has 0 bridgehead atoms. The van der Waals surface area contributed by atoms with Gasteiger partial charge in [0.1, 0.15) is 5.82 Å². The van der Waals surface area contributed by atoms with Crippen LogP contribution < -0.4 is 4.90 Å². The summed E-state index contributed by atoms with van der Waals surface area (Å²) in [6.07, 6.45) is 5.05. The molecule has 0 radical (unpaired) electrons. The molecule has 0 aliphatic heterocycles. The predicted octanol–water partition coefficient (Wildman–Crippen LogP) is 2.91. The zero-order chi connectivity index (χ0) is 16.1. The monoisotopic (exact) mass is 306 g/mol. The van der Waals surface area contributed by atoms with Gasteiger partial charge in [-0.1, -0.05) is 18.2 Å². The number of hydrogen-bond donors (Lipinski definition) is 1. The highest BCUT2D eigenvalue weighted by molar-refractivity contribution is 5.87. The number of aromatic nitrogens is 3. The van der Waals surface area contributed by atoms with Crippen molar-refractivity contribution in [2.75, 3.05) is 4.90 Å². The van der Waals surface area contributed by atoms with Crippen LogP contribution in [0.1, 0.15) is 15.9 Å². The molecule has 114 valence electrons. The van der Waals surface area contributed by atoms with E-state index in [4.69, 9.17) is 5.11 Å². The second kappa shape index (κ2) is 6.65. The molecule has 0 saturated heterocycles. The van der Waals surface area contributed by atoms with E-state index in [2.05, 4.69) is 15.0 Å². The van der Waals surface area contributed by atoms with Crippen LogP contribution in [0, 0.1) is 0 Å². The molecule has 3 rings (SSSR count). The van der Waals surface area contributed by atoms with Gasteiger partial charge in [0.25, 0.3) is 0 Å². The van der Waals surface area contributed by atoms with Crippen LogP contribution in [-0.2, 0) is 6.54 Å². The molecule has 0 aliphatic rings. The Hall–Kier alpha value is -3.28. The van der Waals surface area contributed by atoms with Crippen LogP contribution in [0.4, 0.5) is 11.8 Å². The first-order valence-electron chi connectivity index (χ1n) is 7.02. The minimum absolute atomic E-state index is 0.258. The lowest BCUT2D eigenvalue weighted by atomic mass is 10.1. The molecule has 6 nitrogen and oxygen atoms in total. The van der Waals surface area contributed by atoms with E-state index in [9.17, 15) is 4.79 Å². The number of anilines is 2. The van der Waals surface area contributed by atoms with Crippen molar-refractivity contribution in [3.8, 4) is 0 Å². The highest BCUT2D eigenvalue weighted by Gasteiger charge is 2.14. The number of aromatic carboxylic acids is 1. The first-order valence-corrected chi connectivity index (χ1v) is 7.02. The fraction of sp³-hybridized carbons (Fsp3) is 0.0588. The number of carboxylic acids is 1. The van der Waals surface area contributed by atoms with E-state index < -0.39 is 5.97 Å². The van der Waals surface area contributed by atoms with Crippen molar-refractivity contribution in [2.45, 2.75) is 6.54 Å². The van der Waals surface area contributed by atoms with Crippen molar-refractivity contribution >= 4 is 17.7 Å². The zero-order valence-corrected chi connectivity index (χ0v) is 12.2. The van der Waals surface area contributed by atoms with Gasteiger partial charge in [-0.3, -0.25) is 4.90 Å². The Kier molecular flexibility index (Phi) is 4.24. The molecule has 0 aliphatic carbocycles. The average molecular weight is 306 g/mol. The number of hydrogen-bond acceptors (Lipinski definition) is 5. The summed E-state index contributed by atoms with van der Waals surface area (Å²) in [5.41, 5.74) is 1.20. The smallest absolute Gasteiger partial charge is 0.335 e. The molecular weight excluding hydrogens is 292 g/mol. The normalized spacial score (nSPS) is 10.3. The van der Waals surface area contributed by atoms with Gasteiger partial charge < -0.3 is 5.11 Å². The molecule has 23 heavy (non-hydrogen) atoms. The van der Waals surface area contributed by atoms with Gasteiger partial charge in [0, 0.05) is 18.6 Å². The van der Waals surface area contributed by atoms with Crippen molar-refractivity contribution in [1.82, 2.24) is 15.0 Å². The number of nitrogens with zero attached hydrogens (tertiary/aromatic N) is 4. The third-order valence-corrected chi connectivity index (χ3v) is 3.26. The van der Waals surface area contributed by atoms with Crippen molar-refractivity contribution in [1.29, 1.82) is 0 Å². The Morgan fingerprint density at radius 1 is 0.913 bits per heavy atom. The van der Waals surface area contributed by atoms with Gasteiger partial charge in [-0.05, 0) is 35.9 Å². The summed E-state index contributed by atoms with van der Waals surface area (Å²) in [4.78, 5) is 25.7. The number of rotatable bonds is 5. The zero-order valence-electron chi connectivity index (χ0n) is 12.2. The van der Waals surface area contributed by atoms with Gasteiger partial charge in [0.2, 0.25) is 5.95 Å². The molecule has 0 atom stereocenters. The molecule has 1 N–H and O–H groups in total. The van der Waals surface area contributed by atoms with Crippen LogP contribution in [0.3, 0.4) is 0 Å². The molecule has 0 amide bonds. The van der Waals surface area contributed by atoms with E-state index in [1.165, 1.54) is 0 Å². The Morgan fingerprint density at radius 3 is 2.22 bits per heavy atom. The van der Waals surface area contributed by atoms with E-state index >= 15 is 0 Å². The minimum atomic E-state index is -0.940. The maximum atomic E-state index is 10.9. The summed E-state index contributed by atoms with van der Waals surface area (Å²) in [5, 5.41) is 8.97. The number of carbonyl (C=O) groups is 1. The standard InChI is InChI=1S/C17H14N4O2/c22-16(23)14-7-5-13(6-8-14)12-21(15-4-1-2-9-18-15)17-19-10-3-11-20-17/h1-11H,12H2,(H,22,23). The Bertz CT molecular complexity index is 737. The number of benzene rings is 1. The molecule has 3 aromatic rings. The summed E-state index contributed by atoms with van der Waals surface area (Å²) in [5.74, 6) is 0.319. The van der Waals surface area contributed by atoms with Gasteiger partial charge >= 0.3 is 5.97 Å². The first-order chi connectivity index (χ1) is 11.2. The molecule has 0 saturated carbocycles. The van der Waals surface area contributed by atoms with Crippen LogP contribution >= 0.6 is 0 Å². The fourth-order valence-corrected chi connectivity index (χ4v) is 2.13. The number of pyridine rings is 1. The lowest BCUT2D eigenvalue weighted by Gasteiger charge is -2.21. The van der Waals surface area contributed by atoms with Crippen LogP contribution in [0.25, 0.3) is 0 Å². The quantitative estimate of drug-likeness (QED) is 0.780. The summed E-state index contributed by atoms with van der Waals surface area (Å²) in [7, 11) is 0. The van der Waals surface area contributed by atoms with Gasteiger partial charge in [-0.15, -0.1) is 0 Å². The summed E-state index contributed by atoms with van der Waals surface area (Å²) in [6.45, 7) is 0.487. The molecular formula is C17H14N4O2. The summed E-state index contributed by atoms with van der Waals surface area (Å²) < 4.78 is 0.